The van der Waals surface area contributed by atoms with Gasteiger partial charge < -0.3 is 4.57 Å². The first-order chi connectivity index (χ1) is 14.5. The number of aromatic nitrogens is 1. The Morgan fingerprint density at radius 2 is 1.80 bits per heavy atom. The maximum absolute atomic E-state index is 13.7. The van der Waals surface area contributed by atoms with Gasteiger partial charge in [-0.15, -0.1) is 11.3 Å². The van der Waals surface area contributed by atoms with Crippen molar-refractivity contribution >= 4 is 58.5 Å². The van der Waals surface area contributed by atoms with E-state index in [2.05, 4.69) is 4.57 Å². The number of amides is 1. The van der Waals surface area contributed by atoms with E-state index in [-0.39, 0.29) is 17.9 Å². The molecule has 3 aromatic rings. The van der Waals surface area contributed by atoms with Gasteiger partial charge in [0.05, 0.1) is 17.3 Å². The van der Waals surface area contributed by atoms with Gasteiger partial charge in [-0.05, 0) is 60.5 Å². The Morgan fingerprint density at radius 3 is 2.57 bits per heavy atom. The van der Waals surface area contributed by atoms with Gasteiger partial charge in [0.2, 0.25) is 5.91 Å². The maximum Gasteiger partial charge on any atom is 0.233 e. The van der Waals surface area contributed by atoms with E-state index >= 15 is 0 Å². The first-order valence-corrected chi connectivity index (χ1v) is 12.1. The van der Waals surface area contributed by atoms with Gasteiger partial charge in [-0.2, -0.15) is 0 Å². The molecule has 30 heavy (non-hydrogen) atoms. The number of thiazole rings is 1. The molecule has 2 aromatic carbocycles. The molecule has 3 nitrogen and oxygen atoms in total. The van der Waals surface area contributed by atoms with Crippen LogP contribution in [0.25, 0.3) is 10.4 Å². The molecule has 1 aromatic heterocycles. The van der Waals surface area contributed by atoms with Gasteiger partial charge >= 0.3 is 0 Å². The Balaban J connectivity index is 1.68. The lowest BCUT2D eigenvalue weighted by molar-refractivity contribution is -0.126. The average molecular weight is 475 g/mol. The number of hydrogen-bond acceptors (Lipinski definition) is 3. The Labute approximate surface area is 194 Å². The summed E-state index contributed by atoms with van der Waals surface area (Å²) in [6.07, 6.45) is 4.15. The van der Waals surface area contributed by atoms with E-state index in [0.29, 0.717) is 16.6 Å². The molecule has 0 spiro atoms. The minimum Gasteiger partial charge on any atom is -0.305 e. The lowest BCUT2D eigenvalue weighted by Gasteiger charge is -2.42. The molecule has 0 saturated heterocycles. The van der Waals surface area contributed by atoms with E-state index in [1.54, 1.807) is 11.3 Å². The number of hydrogen-bond donors (Lipinski definition) is 0. The van der Waals surface area contributed by atoms with Gasteiger partial charge in [0, 0.05) is 16.1 Å². The van der Waals surface area contributed by atoms with Crippen molar-refractivity contribution in [3.8, 4) is 10.4 Å². The largest absolute Gasteiger partial charge is 0.305 e. The van der Waals surface area contributed by atoms with Gasteiger partial charge in [-0.1, -0.05) is 60.3 Å². The predicted octanol–water partition coefficient (Wildman–Crippen LogP) is 7.53. The molecule has 0 radical (unpaired) electrons. The summed E-state index contributed by atoms with van der Waals surface area (Å²) in [5.74, 6) is 1.10. The number of anilines is 1. The molecule has 2 atom stereocenters. The Kier molecular flexibility index (Phi) is 5.48. The smallest absolute Gasteiger partial charge is 0.233 e. The van der Waals surface area contributed by atoms with E-state index in [1.165, 1.54) is 0 Å². The van der Waals surface area contributed by atoms with E-state index in [1.807, 2.05) is 53.4 Å². The number of carbonyl (C=O) groups is 1. The second kappa shape index (κ2) is 8.12. The summed E-state index contributed by atoms with van der Waals surface area (Å²) in [6.45, 7) is 0.498. The molecule has 154 valence electrons. The normalized spacial score (nSPS) is 20.7. The molecular weight excluding hydrogens is 455 g/mol. The van der Waals surface area contributed by atoms with Gasteiger partial charge in [0.15, 0.2) is 3.95 Å². The summed E-state index contributed by atoms with van der Waals surface area (Å²) >= 11 is 19.8. The van der Waals surface area contributed by atoms with E-state index in [9.17, 15) is 4.79 Å². The maximum atomic E-state index is 13.7. The summed E-state index contributed by atoms with van der Waals surface area (Å²) in [6, 6.07) is 15.6. The molecule has 1 fully saturated rings. The molecule has 2 aliphatic rings. The fourth-order valence-electron chi connectivity index (χ4n) is 4.68. The number of rotatable bonds is 3. The number of halogens is 2. The fourth-order valence-corrected chi connectivity index (χ4v) is 6.51. The van der Waals surface area contributed by atoms with Crippen molar-refractivity contribution in [2.45, 2.75) is 38.3 Å². The van der Waals surface area contributed by atoms with Crippen molar-refractivity contribution in [1.29, 1.82) is 0 Å². The van der Waals surface area contributed by atoms with Crippen LogP contribution in [0.2, 0.25) is 10.0 Å². The van der Waals surface area contributed by atoms with Crippen molar-refractivity contribution in [1.82, 2.24) is 4.57 Å². The Hall–Kier alpha value is -1.66. The van der Waals surface area contributed by atoms with Crippen molar-refractivity contribution in [2.24, 2.45) is 5.92 Å². The van der Waals surface area contributed by atoms with Crippen LogP contribution in [0.3, 0.4) is 0 Å². The number of nitrogens with zero attached hydrogens (tertiary/aromatic N) is 2. The summed E-state index contributed by atoms with van der Waals surface area (Å²) in [4.78, 5) is 16.6. The van der Waals surface area contributed by atoms with Crippen LogP contribution >= 0.6 is 46.8 Å². The minimum atomic E-state index is -0.00735. The highest BCUT2D eigenvalue weighted by Crippen LogP contribution is 2.49. The molecule has 1 saturated carbocycles. The van der Waals surface area contributed by atoms with E-state index in [4.69, 9.17) is 35.4 Å². The molecule has 0 N–H and O–H groups in total. The number of benzene rings is 2. The Morgan fingerprint density at radius 1 is 1.03 bits per heavy atom. The van der Waals surface area contributed by atoms with Crippen LogP contribution in [0, 0.1) is 9.87 Å². The summed E-state index contributed by atoms with van der Waals surface area (Å²) in [5, 5.41) is 1.36. The van der Waals surface area contributed by atoms with Crippen LogP contribution in [0.4, 0.5) is 5.82 Å². The highest BCUT2D eigenvalue weighted by Gasteiger charge is 2.43. The average Bonchev–Trinajstić information content (AvgIpc) is 3.10. The van der Waals surface area contributed by atoms with Gasteiger partial charge in [-0.3, -0.25) is 9.69 Å². The van der Waals surface area contributed by atoms with Crippen LogP contribution < -0.4 is 4.90 Å². The first kappa shape index (κ1) is 20.3. The predicted molar refractivity (Wildman–Crippen MR) is 127 cm³/mol. The SMILES string of the molecule is O=C1C2CCCCC2n2c(c(-c3cccc(Cl)c3)sc2=S)N1Cc1ccc(Cl)cc1. The highest BCUT2D eigenvalue weighted by atomic mass is 35.5. The summed E-state index contributed by atoms with van der Waals surface area (Å²) < 4.78 is 3.07. The van der Waals surface area contributed by atoms with Crippen LogP contribution in [0.5, 0.6) is 0 Å². The molecule has 7 heteroatoms. The zero-order valence-electron chi connectivity index (χ0n) is 16.2. The molecule has 1 aliphatic heterocycles. The van der Waals surface area contributed by atoms with Gasteiger partial charge in [-0.25, -0.2) is 0 Å². The van der Waals surface area contributed by atoms with Crippen LogP contribution in [-0.2, 0) is 11.3 Å². The van der Waals surface area contributed by atoms with E-state index in [0.717, 1.165) is 51.5 Å². The van der Waals surface area contributed by atoms with Gasteiger partial charge in [0.25, 0.3) is 0 Å². The molecular formula is C23H20Cl2N2OS2. The zero-order valence-corrected chi connectivity index (χ0v) is 19.3. The highest BCUT2D eigenvalue weighted by molar-refractivity contribution is 7.73. The van der Waals surface area contributed by atoms with Crippen LogP contribution in [-0.4, -0.2) is 10.5 Å². The molecule has 2 unspecified atom stereocenters. The second-order valence-electron chi connectivity index (χ2n) is 7.91. The quantitative estimate of drug-likeness (QED) is 0.366. The Bertz CT molecular complexity index is 1170. The van der Waals surface area contributed by atoms with Crippen LogP contribution in [0.1, 0.15) is 37.3 Å². The van der Waals surface area contributed by atoms with Gasteiger partial charge in [0.1, 0.15) is 5.82 Å². The third kappa shape index (κ3) is 3.52. The van der Waals surface area contributed by atoms with Crippen molar-refractivity contribution in [3.63, 3.8) is 0 Å². The molecule has 2 heterocycles. The molecule has 0 bridgehead atoms. The lowest BCUT2D eigenvalue weighted by Crippen LogP contribution is -2.46. The third-order valence-electron chi connectivity index (χ3n) is 6.06. The minimum absolute atomic E-state index is 0.00735. The van der Waals surface area contributed by atoms with Crippen molar-refractivity contribution in [3.05, 3.63) is 68.1 Å². The number of fused-ring (bicyclic) bond motifs is 3. The topological polar surface area (TPSA) is 25.2 Å². The molecule has 5 rings (SSSR count). The van der Waals surface area contributed by atoms with Crippen LogP contribution in [0.15, 0.2) is 48.5 Å². The number of carbonyl (C=O) groups excluding carboxylic acids is 1. The summed E-state index contributed by atoms with van der Waals surface area (Å²) in [7, 11) is 0. The fraction of sp³-hybridized carbons (Fsp3) is 0.304. The second-order valence-corrected chi connectivity index (χ2v) is 10.4. The lowest BCUT2D eigenvalue weighted by atomic mass is 9.82. The van der Waals surface area contributed by atoms with Crippen molar-refractivity contribution in [2.75, 3.05) is 4.90 Å². The van der Waals surface area contributed by atoms with E-state index < -0.39 is 0 Å². The monoisotopic (exact) mass is 474 g/mol. The third-order valence-corrected chi connectivity index (χ3v) is 7.99. The molecule has 1 aliphatic carbocycles. The molecule has 1 amide bonds. The summed E-state index contributed by atoms with van der Waals surface area (Å²) in [5.41, 5.74) is 2.04. The zero-order chi connectivity index (χ0) is 20.8. The first-order valence-electron chi connectivity index (χ1n) is 10.1. The standard InChI is InChI=1S/C23H20Cl2N2OS2/c24-16-10-8-14(9-11-16)13-26-21-20(15-4-3-5-17(25)12-15)30-23(29)27(21)19-7-2-1-6-18(19)22(26)28/h3-5,8-12,18-19H,1-2,6-7,13H2. The van der Waals surface area contributed by atoms with Crippen molar-refractivity contribution < 1.29 is 4.79 Å².